The average Bonchev–Trinajstić information content (AvgIpc) is 1.84. The van der Waals surface area contributed by atoms with Gasteiger partial charge in [-0.1, -0.05) is 6.58 Å². The van der Waals surface area contributed by atoms with Gasteiger partial charge in [0.1, 0.15) is 6.04 Å². The Morgan fingerprint density at radius 3 is 2.33 bits per heavy atom. The fraction of sp³-hybridized carbons (Fsp3) is 0.400. The molecule has 0 spiro atoms. The molecule has 0 saturated heterocycles. The van der Waals surface area contributed by atoms with Gasteiger partial charge in [0.05, 0.1) is 7.11 Å². The Morgan fingerprint density at radius 2 is 2.22 bits per heavy atom. The Labute approximate surface area is 53.5 Å². The highest BCUT2D eigenvalue weighted by molar-refractivity contribution is 5.78. The van der Waals surface area contributed by atoms with Crippen LogP contribution in [-0.2, 0) is 9.53 Å². The molecular weight excluding hydrogens is 120 g/mol. The van der Waals surface area contributed by atoms with Gasteiger partial charge in [-0.15, -0.1) is 0 Å². The van der Waals surface area contributed by atoms with Gasteiger partial charge in [-0.3, -0.25) is 0 Å². The molecule has 0 aromatic rings. The summed E-state index contributed by atoms with van der Waals surface area (Å²) in [5, 5.41) is 0. The molecule has 0 aliphatic carbocycles. The molecule has 0 bridgehead atoms. The van der Waals surface area contributed by atoms with Crippen molar-refractivity contribution in [2.75, 3.05) is 7.11 Å². The molecule has 52 valence electrons. The lowest BCUT2D eigenvalue weighted by Crippen LogP contribution is -2.36. The Balaban J connectivity index is 3.88. The first-order chi connectivity index (χ1) is 4.09. The van der Waals surface area contributed by atoms with Gasteiger partial charge in [0.25, 0.3) is 0 Å². The van der Waals surface area contributed by atoms with E-state index in [1.807, 2.05) is 0 Å². The second kappa shape index (κ2) is 3.09. The van der Waals surface area contributed by atoms with Crippen LogP contribution in [0.3, 0.4) is 0 Å². The van der Waals surface area contributed by atoms with Crippen molar-refractivity contribution < 1.29 is 9.53 Å². The van der Waals surface area contributed by atoms with E-state index in [1.165, 1.54) is 7.11 Å². The van der Waals surface area contributed by atoms with Gasteiger partial charge in [0.2, 0.25) is 0 Å². The monoisotopic (exact) mass is 130 g/mol. The maximum atomic E-state index is 10.5. The number of carbonyl (C=O) groups excluding carboxylic acids is 1. The lowest BCUT2D eigenvalue weighted by atomic mass is 10.2. The highest BCUT2D eigenvalue weighted by Gasteiger charge is 2.13. The molecule has 4 N–H and O–H groups in total. The number of rotatable bonds is 2. The minimum absolute atomic E-state index is 0.113. The summed E-state index contributed by atoms with van der Waals surface area (Å²) >= 11 is 0. The number of hydrogen-bond donors (Lipinski definition) is 2. The van der Waals surface area contributed by atoms with Crippen molar-refractivity contribution in [1.29, 1.82) is 0 Å². The van der Waals surface area contributed by atoms with E-state index in [9.17, 15) is 4.79 Å². The number of hydrogen-bond acceptors (Lipinski definition) is 4. The summed E-state index contributed by atoms with van der Waals surface area (Å²) in [6, 6.07) is -0.894. The Hall–Kier alpha value is -1.03. The first-order valence-corrected chi connectivity index (χ1v) is 2.37. The number of methoxy groups -OCH3 is 1. The van der Waals surface area contributed by atoms with E-state index >= 15 is 0 Å². The maximum absolute atomic E-state index is 10.5. The molecule has 0 amide bonds. The summed E-state index contributed by atoms with van der Waals surface area (Å²) in [4.78, 5) is 10.5. The van der Waals surface area contributed by atoms with Crippen LogP contribution in [-0.4, -0.2) is 19.1 Å². The van der Waals surface area contributed by atoms with Gasteiger partial charge < -0.3 is 16.2 Å². The molecule has 9 heavy (non-hydrogen) atoms. The van der Waals surface area contributed by atoms with Gasteiger partial charge >= 0.3 is 5.97 Å². The van der Waals surface area contributed by atoms with Gasteiger partial charge in [-0.25, -0.2) is 4.79 Å². The maximum Gasteiger partial charge on any atom is 0.328 e. The molecule has 0 rings (SSSR count). The first-order valence-electron chi connectivity index (χ1n) is 2.37. The van der Waals surface area contributed by atoms with Crippen LogP contribution < -0.4 is 11.5 Å². The van der Waals surface area contributed by atoms with E-state index in [0.29, 0.717) is 0 Å². The zero-order chi connectivity index (χ0) is 7.44. The second-order valence-electron chi connectivity index (χ2n) is 1.58. The zero-order valence-corrected chi connectivity index (χ0v) is 5.26. The summed E-state index contributed by atoms with van der Waals surface area (Å²) in [5.41, 5.74) is 10.4. The van der Waals surface area contributed by atoms with Gasteiger partial charge in [-0.05, 0) is 0 Å². The van der Waals surface area contributed by atoms with E-state index in [2.05, 4.69) is 11.3 Å². The van der Waals surface area contributed by atoms with Crippen molar-refractivity contribution in [3.8, 4) is 0 Å². The minimum Gasteiger partial charge on any atom is -0.468 e. The molecule has 0 aromatic heterocycles. The summed E-state index contributed by atoms with van der Waals surface area (Å²) in [5.74, 6) is -0.567. The molecule has 0 fully saturated rings. The number of ether oxygens (including phenoxy) is 1. The average molecular weight is 130 g/mol. The predicted molar refractivity (Wildman–Crippen MR) is 33.3 cm³/mol. The van der Waals surface area contributed by atoms with E-state index in [0.717, 1.165) is 0 Å². The molecule has 1 unspecified atom stereocenters. The highest BCUT2D eigenvalue weighted by Crippen LogP contribution is 1.88. The first kappa shape index (κ1) is 7.97. The van der Waals surface area contributed by atoms with Crippen molar-refractivity contribution in [3.05, 3.63) is 12.3 Å². The molecular formula is C5H10N2O2. The van der Waals surface area contributed by atoms with Crippen LogP contribution in [0.15, 0.2) is 12.3 Å². The smallest absolute Gasteiger partial charge is 0.328 e. The number of nitrogens with two attached hydrogens (primary N) is 2. The van der Waals surface area contributed by atoms with Crippen LogP contribution >= 0.6 is 0 Å². The van der Waals surface area contributed by atoms with Crippen molar-refractivity contribution in [3.63, 3.8) is 0 Å². The van der Waals surface area contributed by atoms with Gasteiger partial charge in [0.15, 0.2) is 0 Å². The Morgan fingerprint density at radius 1 is 1.78 bits per heavy atom. The molecule has 4 heteroatoms. The van der Waals surface area contributed by atoms with Crippen molar-refractivity contribution >= 4 is 5.97 Å². The van der Waals surface area contributed by atoms with Crippen LogP contribution in [0.25, 0.3) is 0 Å². The molecule has 1 atom stereocenters. The van der Waals surface area contributed by atoms with Gasteiger partial charge in [-0.2, -0.15) is 0 Å². The summed E-state index contributed by atoms with van der Waals surface area (Å²) in [6.07, 6.45) is 0. The van der Waals surface area contributed by atoms with Crippen molar-refractivity contribution in [2.24, 2.45) is 11.5 Å². The third-order valence-corrected chi connectivity index (χ3v) is 0.855. The SMILES string of the molecule is C=C(N)C(N)C(=O)OC. The quantitative estimate of drug-likeness (QED) is 0.468. The topological polar surface area (TPSA) is 78.3 Å². The lowest BCUT2D eigenvalue weighted by molar-refractivity contribution is -0.141. The van der Waals surface area contributed by atoms with Crippen LogP contribution in [0.2, 0.25) is 0 Å². The largest absolute Gasteiger partial charge is 0.468 e. The van der Waals surface area contributed by atoms with Crippen molar-refractivity contribution in [1.82, 2.24) is 0 Å². The summed E-state index contributed by atoms with van der Waals surface area (Å²) in [6.45, 7) is 3.28. The molecule has 4 nitrogen and oxygen atoms in total. The third kappa shape index (κ3) is 2.14. The summed E-state index contributed by atoms with van der Waals surface area (Å²) in [7, 11) is 1.24. The normalized spacial score (nSPS) is 12.2. The molecule has 0 radical (unpaired) electrons. The standard InChI is InChI=1S/C5H10N2O2/c1-3(6)4(7)5(8)9-2/h4H,1,6-7H2,2H3. The van der Waals surface area contributed by atoms with E-state index in [1.54, 1.807) is 0 Å². The van der Waals surface area contributed by atoms with Crippen LogP contribution in [0, 0.1) is 0 Å². The van der Waals surface area contributed by atoms with E-state index < -0.39 is 12.0 Å². The highest BCUT2D eigenvalue weighted by atomic mass is 16.5. The molecule has 0 aliphatic heterocycles. The lowest BCUT2D eigenvalue weighted by Gasteiger charge is -2.06. The molecule has 0 aromatic carbocycles. The number of esters is 1. The second-order valence-corrected chi connectivity index (χ2v) is 1.58. The van der Waals surface area contributed by atoms with E-state index in [4.69, 9.17) is 11.5 Å². The minimum atomic E-state index is -0.894. The number of carbonyl (C=O) groups is 1. The molecule has 0 saturated carbocycles. The Kier molecular flexibility index (Phi) is 2.73. The molecule has 0 aliphatic rings. The van der Waals surface area contributed by atoms with Crippen LogP contribution in [0.1, 0.15) is 0 Å². The summed E-state index contributed by atoms with van der Waals surface area (Å²) < 4.78 is 4.27. The molecule has 0 heterocycles. The van der Waals surface area contributed by atoms with Crippen LogP contribution in [0.4, 0.5) is 0 Å². The van der Waals surface area contributed by atoms with Gasteiger partial charge in [0, 0.05) is 5.70 Å². The fourth-order valence-electron chi connectivity index (χ4n) is 0.278. The van der Waals surface area contributed by atoms with Crippen molar-refractivity contribution in [2.45, 2.75) is 6.04 Å². The zero-order valence-electron chi connectivity index (χ0n) is 5.26. The Bertz CT molecular complexity index is 133. The fourth-order valence-corrected chi connectivity index (χ4v) is 0.278. The third-order valence-electron chi connectivity index (χ3n) is 0.855. The van der Waals surface area contributed by atoms with Crippen LogP contribution in [0.5, 0.6) is 0 Å². The predicted octanol–water partition coefficient (Wildman–Crippen LogP) is -1.04. The van der Waals surface area contributed by atoms with E-state index in [-0.39, 0.29) is 5.70 Å².